The third-order valence-electron chi connectivity index (χ3n) is 3.42. The van der Waals surface area contributed by atoms with Crippen LogP contribution in [0.5, 0.6) is 5.75 Å². The van der Waals surface area contributed by atoms with E-state index in [1.165, 1.54) is 5.56 Å². The van der Waals surface area contributed by atoms with Gasteiger partial charge in [-0.1, -0.05) is 24.8 Å². The van der Waals surface area contributed by atoms with Crippen LogP contribution in [-0.4, -0.2) is 22.7 Å². The van der Waals surface area contributed by atoms with Crippen LogP contribution in [0.2, 0.25) is 0 Å². The van der Waals surface area contributed by atoms with Crippen molar-refractivity contribution in [1.29, 1.82) is 0 Å². The predicted molar refractivity (Wildman–Crippen MR) is 88.5 cm³/mol. The van der Waals surface area contributed by atoms with Crippen LogP contribution in [0, 0.1) is 0 Å². The molecule has 110 valence electrons. The summed E-state index contributed by atoms with van der Waals surface area (Å²) in [6.07, 6.45) is 9.59. The third-order valence-corrected chi connectivity index (χ3v) is 3.42. The Labute approximate surface area is 126 Å². The van der Waals surface area contributed by atoms with E-state index < -0.39 is 0 Å². The first kappa shape index (κ1) is 15.3. The second kappa shape index (κ2) is 7.60. The van der Waals surface area contributed by atoms with Gasteiger partial charge < -0.3 is 10.4 Å². The first-order valence-corrected chi connectivity index (χ1v) is 7.28. The Morgan fingerprint density at radius 1 is 1.38 bits per heavy atom. The van der Waals surface area contributed by atoms with E-state index in [2.05, 4.69) is 29.9 Å². The van der Waals surface area contributed by atoms with Gasteiger partial charge in [0.25, 0.3) is 0 Å². The lowest BCUT2D eigenvalue weighted by molar-refractivity contribution is 0.476. The van der Waals surface area contributed by atoms with Crippen molar-refractivity contribution in [3.05, 3.63) is 60.8 Å². The van der Waals surface area contributed by atoms with E-state index >= 15 is 0 Å². The molecule has 21 heavy (non-hydrogen) atoms. The number of nitrogens with zero attached hydrogens (tertiary/aromatic N) is 1. The molecule has 1 atom stereocenters. The molecule has 0 aliphatic heterocycles. The van der Waals surface area contributed by atoms with Crippen molar-refractivity contribution in [2.75, 3.05) is 6.54 Å². The van der Waals surface area contributed by atoms with Crippen LogP contribution in [-0.2, 0) is 6.42 Å². The summed E-state index contributed by atoms with van der Waals surface area (Å²) in [7, 11) is 0. The fraction of sp³-hybridized carbons (Fsp3) is 0.278. The van der Waals surface area contributed by atoms with Crippen molar-refractivity contribution in [1.82, 2.24) is 10.3 Å². The van der Waals surface area contributed by atoms with E-state index in [-0.39, 0.29) is 5.75 Å². The summed E-state index contributed by atoms with van der Waals surface area (Å²) in [5.74, 6) is 0.284. The SMILES string of the molecule is C=C/C=C/CCNC(C)Cc1ccnc2ccc(O)cc12. The highest BCUT2D eigenvalue weighted by atomic mass is 16.3. The second-order valence-electron chi connectivity index (χ2n) is 5.18. The first-order chi connectivity index (χ1) is 10.2. The average molecular weight is 282 g/mol. The summed E-state index contributed by atoms with van der Waals surface area (Å²) in [6, 6.07) is 7.71. The van der Waals surface area contributed by atoms with Gasteiger partial charge in [-0.3, -0.25) is 4.98 Å². The number of hydrogen-bond donors (Lipinski definition) is 2. The van der Waals surface area contributed by atoms with Crippen molar-refractivity contribution < 1.29 is 5.11 Å². The minimum Gasteiger partial charge on any atom is -0.508 e. The Kier molecular flexibility index (Phi) is 5.52. The van der Waals surface area contributed by atoms with Crippen LogP contribution < -0.4 is 5.32 Å². The molecule has 0 bridgehead atoms. The quantitative estimate of drug-likeness (QED) is 0.602. The van der Waals surface area contributed by atoms with E-state index in [1.807, 2.05) is 24.4 Å². The van der Waals surface area contributed by atoms with Gasteiger partial charge in [0.05, 0.1) is 5.52 Å². The van der Waals surface area contributed by atoms with Crippen LogP contribution in [0.3, 0.4) is 0 Å². The van der Waals surface area contributed by atoms with Gasteiger partial charge in [0.1, 0.15) is 5.75 Å². The smallest absolute Gasteiger partial charge is 0.116 e. The first-order valence-electron chi connectivity index (χ1n) is 7.28. The minimum absolute atomic E-state index is 0.284. The molecule has 1 heterocycles. The zero-order valence-corrected chi connectivity index (χ0v) is 12.4. The Balaban J connectivity index is 2.00. The van der Waals surface area contributed by atoms with Crippen molar-refractivity contribution in [3.8, 4) is 5.75 Å². The number of pyridine rings is 1. The molecule has 1 aromatic carbocycles. The van der Waals surface area contributed by atoms with Gasteiger partial charge in [-0.25, -0.2) is 0 Å². The van der Waals surface area contributed by atoms with Gasteiger partial charge in [0.2, 0.25) is 0 Å². The number of hydrogen-bond acceptors (Lipinski definition) is 3. The highest BCUT2D eigenvalue weighted by molar-refractivity contribution is 5.83. The van der Waals surface area contributed by atoms with E-state index in [9.17, 15) is 5.11 Å². The number of rotatable bonds is 7. The van der Waals surface area contributed by atoms with Crippen LogP contribution in [0.15, 0.2) is 55.3 Å². The molecule has 0 radical (unpaired) electrons. The highest BCUT2D eigenvalue weighted by Crippen LogP contribution is 2.22. The maximum absolute atomic E-state index is 9.65. The Hall–Kier alpha value is -2.13. The molecule has 3 heteroatoms. The molecule has 0 saturated heterocycles. The lowest BCUT2D eigenvalue weighted by Crippen LogP contribution is -2.28. The van der Waals surface area contributed by atoms with Crippen LogP contribution >= 0.6 is 0 Å². The molecule has 0 aliphatic carbocycles. The maximum atomic E-state index is 9.65. The third kappa shape index (κ3) is 4.43. The summed E-state index contributed by atoms with van der Waals surface area (Å²) in [5.41, 5.74) is 2.13. The van der Waals surface area contributed by atoms with E-state index in [0.29, 0.717) is 6.04 Å². The lowest BCUT2D eigenvalue weighted by Gasteiger charge is -2.14. The van der Waals surface area contributed by atoms with Gasteiger partial charge in [0, 0.05) is 17.6 Å². The van der Waals surface area contributed by atoms with Crippen molar-refractivity contribution in [3.63, 3.8) is 0 Å². The maximum Gasteiger partial charge on any atom is 0.116 e. The average Bonchev–Trinajstić information content (AvgIpc) is 2.48. The second-order valence-corrected chi connectivity index (χ2v) is 5.18. The molecule has 2 N–H and O–H groups in total. The van der Waals surface area contributed by atoms with Gasteiger partial charge in [-0.2, -0.15) is 0 Å². The van der Waals surface area contributed by atoms with Crippen LogP contribution in [0.4, 0.5) is 0 Å². The summed E-state index contributed by atoms with van der Waals surface area (Å²) in [4.78, 5) is 4.34. The number of phenols is 1. The number of phenolic OH excluding ortho intramolecular Hbond substituents is 1. The number of nitrogens with one attached hydrogen (secondary N) is 1. The summed E-state index contributed by atoms with van der Waals surface area (Å²) < 4.78 is 0. The van der Waals surface area contributed by atoms with E-state index in [4.69, 9.17) is 0 Å². The normalized spacial score (nSPS) is 12.8. The zero-order valence-electron chi connectivity index (χ0n) is 12.4. The monoisotopic (exact) mass is 282 g/mol. The molecule has 0 spiro atoms. The van der Waals surface area contributed by atoms with Gasteiger partial charge in [-0.15, -0.1) is 0 Å². The lowest BCUT2D eigenvalue weighted by atomic mass is 10.0. The molecule has 1 aromatic heterocycles. The van der Waals surface area contributed by atoms with Gasteiger partial charge in [0.15, 0.2) is 0 Å². The molecule has 0 amide bonds. The Bertz CT molecular complexity index is 634. The predicted octanol–water partition coefficient (Wildman–Crippen LogP) is 3.59. The van der Waals surface area contributed by atoms with E-state index in [0.717, 1.165) is 30.3 Å². The summed E-state index contributed by atoms with van der Waals surface area (Å²) in [6.45, 7) is 6.77. The molecular formula is C18H22N2O. The summed E-state index contributed by atoms with van der Waals surface area (Å²) in [5, 5.41) is 14.2. The van der Waals surface area contributed by atoms with Crippen LogP contribution in [0.1, 0.15) is 18.9 Å². The molecule has 2 aromatic rings. The van der Waals surface area contributed by atoms with E-state index in [1.54, 1.807) is 18.2 Å². The molecule has 0 aliphatic rings. The summed E-state index contributed by atoms with van der Waals surface area (Å²) >= 11 is 0. The standard InChI is InChI=1S/C18H22N2O/c1-3-4-5-6-10-19-14(2)12-15-9-11-20-18-8-7-16(21)13-17(15)18/h3-5,7-9,11,13-14,19,21H,1,6,10,12H2,2H3/b5-4+. The van der Waals surface area contributed by atoms with Crippen molar-refractivity contribution in [2.45, 2.75) is 25.8 Å². The number of fused-ring (bicyclic) bond motifs is 1. The number of aromatic hydroxyl groups is 1. The number of benzene rings is 1. The largest absolute Gasteiger partial charge is 0.508 e. The highest BCUT2D eigenvalue weighted by Gasteiger charge is 2.07. The molecule has 0 saturated carbocycles. The molecule has 1 unspecified atom stereocenters. The fourth-order valence-corrected chi connectivity index (χ4v) is 2.38. The Morgan fingerprint density at radius 3 is 3.05 bits per heavy atom. The molecular weight excluding hydrogens is 260 g/mol. The molecule has 0 fully saturated rings. The van der Waals surface area contributed by atoms with Gasteiger partial charge >= 0.3 is 0 Å². The Morgan fingerprint density at radius 2 is 2.24 bits per heavy atom. The number of allylic oxidation sites excluding steroid dienone is 2. The van der Waals surface area contributed by atoms with Crippen molar-refractivity contribution >= 4 is 10.9 Å². The van der Waals surface area contributed by atoms with Crippen molar-refractivity contribution in [2.24, 2.45) is 0 Å². The number of aromatic nitrogens is 1. The molecule has 3 nitrogen and oxygen atoms in total. The minimum atomic E-state index is 0.284. The fourth-order valence-electron chi connectivity index (χ4n) is 2.38. The molecule has 2 rings (SSSR count). The van der Waals surface area contributed by atoms with Crippen LogP contribution in [0.25, 0.3) is 10.9 Å². The topological polar surface area (TPSA) is 45.2 Å². The zero-order chi connectivity index (χ0) is 15.1. The van der Waals surface area contributed by atoms with Gasteiger partial charge in [-0.05, 0) is 56.1 Å².